The molecule has 0 aliphatic rings. The van der Waals surface area contributed by atoms with Gasteiger partial charge in [-0.1, -0.05) is 38.4 Å². The molecular weight excluding hydrogens is 192 g/mol. The minimum Gasteiger partial charge on any atom is -0.388 e. The van der Waals surface area contributed by atoms with Crippen molar-refractivity contribution in [1.82, 2.24) is 4.57 Å². The van der Waals surface area contributed by atoms with Crippen LogP contribution in [0.15, 0.2) is 18.3 Å². The summed E-state index contributed by atoms with van der Waals surface area (Å²) < 4.78 is 2.14. The molecule has 0 amide bonds. The van der Waals surface area contributed by atoms with E-state index < -0.39 is 0 Å². The van der Waals surface area contributed by atoms with Crippen molar-refractivity contribution in [3.05, 3.63) is 24.0 Å². The first kappa shape index (κ1) is 11.2. The fourth-order valence-electron chi connectivity index (χ4n) is 1.54. The van der Waals surface area contributed by atoms with E-state index >= 15 is 0 Å². The molecule has 14 heavy (non-hydrogen) atoms. The monoisotopic (exact) mass is 210 g/mol. The second-order valence-corrected chi connectivity index (χ2v) is 3.95. The van der Waals surface area contributed by atoms with Crippen LogP contribution in [0.1, 0.15) is 38.3 Å². The summed E-state index contributed by atoms with van der Waals surface area (Å²) in [6.07, 6.45) is 7.11. The van der Waals surface area contributed by atoms with Crippen LogP contribution in [0.25, 0.3) is 0 Å². The second-order valence-electron chi connectivity index (χ2n) is 3.51. The first-order valence-corrected chi connectivity index (χ1v) is 5.61. The van der Waals surface area contributed by atoms with Gasteiger partial charge >= 0.3 is 0 Å². The Labute approximate surface area is 91.1 Å². The average molecular weight is 210 g/mol. The van der Waals surface area contributed by atoms with E-state index in [4.69, 9.17) is 18.0 Å². The average Bonchev–Trinajstić information content (AvgIpc) is 2.60. The van der Waals surface area contributed by atoms with Crippen LogP contribution in [-0.2, 0) is 6.54 Å². The Morgan fingerprint density at radius 3 is 2.86 bits per heavy atom. The van der Waals surface area contributed by atoms with Gasteiger partial charge in [-0.15, -0.1) is 0 Å². The molecule has 0 saturated heterocycles. The Hall–Kier alpha value is -0.830. The van der Waals surface area contributed by atoms with Crippen molar-refractivity contribution in [3.8, 4) is 0 Å². The summed E-state index contributed by atoms with van der Waals surface area (Å²) in [4.78, 5) is 0.491. The number of aryl methyl sites for hydroxylation is 1. The topological polar surface area (TPSA) is 30.9 Å². The summed E-state index contributed by atoms with van der Waals surface area (Å²) in [5.41, 5.74) is 6.58. The molecule has 0 bridgehead atoms. The van der Waals surface area contributed by atoms with Gasteiger partial charge in [0.2, 0.25) is 0 Å². The van der Waals surface area contributed by atoms with E-state index in [-0.39, 0.29) is 0 Å². The van der Waals surface area contributed by atoms with Gasteiger partial charge in [-0.2, -0.15) is 0 Å². The normalized spacial score (nSPS) is 10.4. The zero-order valence-corrected chi connectivity index (χ0v) is 9.52. The van der Waals surface area contributed by atoms with Gasteiger partial charge in [-0.3, -0.25) is 0 Å². The molecule has 3 heteroatoms. The Balaban J connectivity index is 2.42. The molecule has 1 rings (SSSR count). The van der Waals surface area contributed by atoms with Crippen molar-refractivity contribution in [3.63, 3.8) is 0 Å². The van der Waals surface area contributed by atoms with Crippen molar-refractivity contribution in [2.75, 3.05) is 0 Å². The van der Waals surface area contributed by atoms with E-state index in [1.807, 2.05) is 18.3 Å². The van der Waals surface area contributed by atoms with Crippen molar-refractivity contribution < 1.29 is 0 Å². The Kier molecular flexibility index (Phi) is 4.66. The summed E-state index contributed by atoms with van der Waals surface area (Å²) in [6.45, 7) is 3.25. The highest BCUT2D eigenvalue weighted by atomic mass is 32.1. The van der Waals surface area contributed by atoms with Crippen LogP contribution in [0.5, 0.6) is 0 Å². The first-order valence-electron chi connectivity index (χ1n) is 5.20. The number of rotatable bonds is 6. The maximum atomic E-state index is 5.60. The van der Waals surface area contributed by atoms with E-state index in [0.717, 1.165) is 12.2 Å². The van der Waals surface area contributed by atoms with Crippen LogP contribution in [-0.4, -0.2) is 9.56 Å². The molecule has 0 fully saturated rings. The molecule has 2 nitrogen and oxygen atoms in total. The SMILES string of the molecule is CCCCCCn1cccc1C(N)=S. The Morgan fingerprint density at radius 1 is 1.43 bits per heavy atom. The zero-order chi connectivity index (χ0) is 10.4. The zero-order valence-electron chi connectivity index (χ0n) is 8.70. The molecule has 0 aliphatic heterocycles. The van der Waals surface area contributed by atoms with Crippen LogP contribution in [0.4, 0.5) is 0 Å². The van der Waals surface area contributed by atoms with Crippen molar-refractivity contribution in [1.29, 1.82) is 0 Å². The minimum absolute atomic E-state index is 0.491. The van der Waals surface area contributed by atoms with Gasteiger partial charge in [-0.25, -0.2) is 0 Å². The van der Waals surface area contributed by atoms with Crippen LogP contribution in [0.3, 0.4) is 0 Å². The third-order valence-electron chi connectivity index (χ3n) is 2.33. The number of nitrogens with two attached hydrogens (primary N) is 1. The summed E-state index contributed by atoms with van der Waals surface area (Å²) in [7, 11) is 0. The molecule has 0 spiro atoms. The molecule has 78 valence electrons. The summed E-state index contributed by atoms with van der Waals surface area (Å²) >= 11 is 4.96. The van der Waals surface area contributed by atoms with Gasteiger partial charge in [0.25, 0.3) is 0 Å². The maximum Gasteiger partial charge on any atom is 0.120 e. The number of nitrogens with zero attached hydrogens (tertiary/aromatic N) is 1. The molecule has 0 atom stereocenters. The molecule has 1 aromatic heterocycles. The van der Waals surface area contributed by atoms with Gasteiger partial charge in [0.05, 0.1) is 5.69 Å². The quantitative estimate of drug-likeness (QED) is 0.578. The predicted octanol–water partition coefficient (Wildman–Crippen LogP) is 2.70. The largest absolute Gasteiger partial charge is 0.388 e. The molecular formula is C11H18N2S. The lowest BCUT2D eigenvalue weighted by molar-refractivity contribution is 0.582. The van der Waals surface area contributed by atoms with Crippen LogP contribution in [0.2, 0.25) is 0 Å². The fraction of sp³-hybridized carbons (Fsp3) is 0.545. The van der Waals surface area contributed by atoms with Gasteiger partial charge in [0, 0.05) is 12.7 Å². The molecule has 0 aliphatic carbocycles. The molecule has 2 N–H and O–H groups in total. The molecule has 0 saturated carbocycles. The Bertz CT molecular complexity index is 291. The van der Waals surface area contributed by atoms with Gasteiger partial charge in [0.1, 0.15) is 4.99 Å². The molecule has 1 heterocycles. The molecule has 0 unspecified atom stereocenters. The summed E-state index contributed by atoms with van der Waals surface area (Å²) in [5, 5.41) is 0. The lowest BCUT2D eigenvalue weighted by Gasteiger charge is -2.07. The third kappa shape index (κ3) is 3.14. The highest BCUT2D eigenvalue weighted by Gasteiger charge is 2.02. The van der Waals surface area contributed by atoms with E-state index in [9.17, 15) is 0 Å². The lowest BCUT2D eigenvalue weighted by atomic mass is 10.2. The highest BCUT2D eigenvalue weighted by Crippen LogP contribution is 2.06. The van der Waals surface area contributed by atoms with Crippen molar-refractivity contribution >= 4 is 17.2 Å². The van der Waals surface area contributed by atoms with Gasteiger partial charge < -0.3 is 10.3 Å². The van der Waals surface area contributed by atoms with E-state index in [1.165, 1.54) is 25.7 Å². The van der Waals surface area contributed by atoms with Crippen molar-refractivity contribution in [2.24, 2.45) is 5.73 Å². The van der Waals surface area contributed by atoms with Crippen LogP contribution in [0, 0.1) is 0 Å². The number of hydrogen-bond donors (Lipinski definition) is 1. The number of hydrogen-bond acceptors (Lipinski definition) is 1. The predicted molar refractivity (Wildman–Crippen MR) is 64.5 cm³/mol. The van der Waals surface area contributed by atoms with Gasteiger partial charge in [0.15, 0.2) is 0 Å². The number of thiocarbonyl (C=S) groups is 1. The van der Waals surface area contributed by atoms with Crippen molar-refractivity contribution in [2.45, 2.75) is 39.2 Å². The van der Waals surface area contributed by atoms with E-state index in [0.29, 0.717) is 4.99 Å². The number of aromatic nitrogens is 1. The molecule has 0 aromatic carbocycles. The van der Waals surface area contributed by atoms with Crippen LogP contribution < -0.4 is 5.73 Å². The second kappa shape index (κ2) is 5.81. The van der Waals surface area contributed by atoms with E-state index in [2.05, 4.69) is 11.5 Å². The lowest BCUT2D eigenvalue weighted by Crippen LogP contribution is -2.15. The summed E-state index contributed by atoms with van der Waals surface area (Å²) in [5.74, 6) is 0. The first-order chi connectivity index (χ1) is 6.75. The fourth-order valence-corrected chi connectivity index (χ4v) is 1.73. The molecule has 0 radical (unpaired) electrons. The van der Waals surface area contributed by atoms with Gasteiger partial charge in [-0.05, 0) is 18.6 Å². The molecule has 1 aromatic rings. The minimum atomic E-state index is 0.491. The maximum absolute atomic E-state index is 5.60. The standard InChI is InChI=1S/C11H18N2S/c1-2-3-4-5-8-13-9-6-7-10(13)11(12)14/h6-7,9H,2-5,8H2,1H3,(H2,12,14). The van der Waals surface area contributed by atoms with E-state index in [1.54, 1.807) is 0 Å². The summed E-state index contributed by atoms with van der Waals surface area (Å²) in [6, 6.07) is 3.97. The third-order valence-corrected chi connectivity index (χ3v) is 2.54. The Morgan fingerprint density at radius 2 is 2.21 bits per heavy atom. The highest BCUT2D eigenvalue weighted by molar-refractivity contribution is 7.80. The smallest absolute Gasteiger partial charge is 0.120 e. The van der Waals surface area contributed by atoms with Crippen LogP contribution >= 0.6 is 12.2 Å². The number of unbranched alkanes of at least 4 members (excludes halogenated alkanes) is 3.